The molecule has 1 amide bonds. The van der Waals surface area contributed by atoms with Crippen LogP contribution in [0.25, 0.3) is 0 Å². The van der Waals surface area contributed by atoms with Gasteiger partial charge in [-0.25, -0.2) is 0 Å². The molecule has 0 unspecified atom stereocenters. The Labute approximate surface area is 114 Å². The number of hydrogen-bond acceptors (Lipinski definition) is 3. The van der Waals surface area contributed by atoms with Gasteiger partial charge in [0.25, 0.3) is 5.91 Å². The van der Waals surface area contributed by atoms with Crippen LogP contribution >= 0.6 is 22.9 Å². The molecule has 0 aliphatic carbocycles. The minimum Gasteiger partial charge on any atom is -0.396 e. The standard InChI is InChI=1S/C13H12ClNO2S/c14-11-6-8-18-12(11)13(17)15-10-3-1-9(2-4-10)5-7-16/h1-4,6,8,16H,5,7H2,(H,15,17). The predicted octanol–water partition coefficient (Wildman–Crippen LogP) is 3.19. The van der Waals surface area contributed by atoms with Crippen LogP contribution in [0.2, 0.25) is 5.02 Å². The second kappa shape index (κ2) is 6.00. The molecule has 3 nitrogen and oxygen atoms in total. The first-order valence-electron chi connectivity index (χ1n) is 5.45. The van der Waals surface area contributed by atoms with Crippen LogP contribution in [-0.2, 0) is 6.42 Å². The fraction of sp³-hybridized carbons (Fsp3) is 0.154. The number of thiophene rings is 1. The summed E-state index contributed by atoms with van der Waals surface area (Å²) in [5.74, 6) is -0.204. The van der Waals surface area contributed by atoms with Crippen LogP contribution in [0.4, 0.5) is 5.69 Å². The molecule has 0 saturated heterocycles. The third-order valence-corrected chi connectivity index (χ3v) is 3.78. The average Bonchev–Trinajstić information content (AvgIpc) is 2.78. The predicted molar refractivity (Wildman–Crippen MR) is 74.5 cm³/mol. The highest BCUT2D eigenvalue weighted by Gasteiger charge is 2.11. The van der Waals surface area contributed by atoms with E-state index in [9.17, 15) is 4.79 Å². The average molecular weight is 282 g/mol. The number of carbonyl (C=O) groups is 1. The molecule has 0 spiro atoms. The summed E-state index contributed by atoms with van der Waals surface area (Å²) in [5, 5.41) is 13.8. The van der Waals surface area contributed by atoms with Crippen LogP contribution in [0.5, 0.6) is 0 Å². The van der Waals surface area contributed by atoms with Gasteiger partial charge in [-0.2, -0.15) is 0 Å². The Bertz CT molecular complexity index is 536. The van der Waals surface area contributed by atoms with Crippen molar-refractivity contribution in [2.45, 2.75) is 6.42 Å². The Balaban J connectivity index is 2.05. The summed E-state index contributed by atoms with van der Waals surface area (Å²) in [6.07, 6.45) is 0.616. The molecule has 1 heterocycles. The van der Waals surface area contributed by atoms with Crippen molar-refractivity contribution >= 4 is 34.5 Å². The van der Waals surface area contributed by atoms with Crippen molar-refractivity contribution in [3.63, 3.8) is 0 Å². The highest BCUT2D eigenvalue weighted by molar-refractivity contribution is 7.12. The monoisotopic (exact) mass is 281 g/mol. The highest BCUT2D eigenvalue weighted by Crippen LogP contribution is 2.23. The number of aliphatic hydroxyl groups excluding tert-OH is 1. The topological polar surface area (TPSA) is 49.3 Å². The van der Waals surface area contributed by atoms with Gasteiger partial charge in [-0.1, -0.05) is 23.7 Å². The first kappa shape index (κ1) is 13.1. The van der Waals surface area contributed by atoms with Crippen molar-refractivity contribution in [3.05, 3.63) is 51.2 Å². The van der Waals surface area contributed by atoms with Crippen LogP contribution in [0.1, 0.15) is 15.2 Å². The summed E-state index contributed by atoms with van der Waals surface area (Å²) in [5.41, 5.74) is 1.75. The molecule has 5 heteroatoms. The minimum atomic E-state index is -0.204. The lowest BCUT2D eigenvalue weighted by Gasteiger charge is -2.05. The zero-order chi connectivity index (χ0) is 13.0. The number of hydrogen-bond donors (Lipinski definition) is 2. The van der Waals surface area contributed by atoms with E-state index in [1.165, 1.54) is 11.3 Å². The molecule has 94 valence electrons. The molecule has 2 rings (SSSR count). The maximum absolute atomic E-state index is 11.9. The van der Waals surface area contributed by atoms with Crippen LogP contribution in [0, 0.1) is 0 Å². The summed E-state index contributed by atoms with van der Waals surface area (Å²) < 4.78 is 0. The molecule has 0 bridgehead atoms. The van der Waals surface area contributed by atoms with Gasteiger partial charge in [0.1, 0.15) is 4.88 Å². The van der Waals surface area contributed by atoms with Gasteiger partial charge < -0.3 is 10.4 Å². The molecule has 0 saturated carbocycles. The molecular formula is C13H12ClNO2S. The van der Waals surface area contributed by atoms with Gasteiger partial charge in [0.2, 0.25) is 0 Å². The number of rotatable bonds is 4. The molecule has 0 atom stereocenters. The Morgan fingerprint density at radius 2 is 2.00 bits per heavy atom. The highest BCUT2D eigenvalue weighted by atomic mass is 35.5. The van der Waals surface area contributed by atoms with Crippen molar-refractivity contribution < 1.29 is 9.90 Å². The summed E-state index contributed by atoms with van der Waals surface area (Å²) in [6.45, 7) is 0.122. The number of amides is 1. The van der Waals surface area contributed by atoms with Gasteiger partial charge in [0.05, 0.1) is 5.02 Å². The number of aliphatic hydroxyl groups is 1. The third kappa shape index (κ3) is 3.10. The SMILES string of the molecule is O=C(Nc1ccc(CCO)cc1)c1sccc1Cl. The Hall–Kier alpha value is -1.36. The molecule has 0 fully saturated rings. The first-order valence-corrected chi connectivity index (χ1v) is 6.70. The normalized spacial score (nSPS) is 10.3. The molecule has 0 aliphatic heterocycles. The largest absolute Gasteiger partial charge is 0.396 e. The van der Waals surface area contributed by atoms with Gasteiger partial charge in [-0.05, 0) is 35.6 Å². The molecule has 0 radical (unpaired) electrons. The van der Waals surface area contributed by atoms with Crippen molar-refractivity contribution in [1.82, 2.24) is 0 Å². The van der Waals surface area contributed by atoms with E-state index < -0.39 is 0 Å². The van der Waals surface area contributed by atoms with Crippen LogP contribution < -0.4 is 5.32 Å². The fourth-order valence-electron chi connectivity index (χ4n) is 1.53. The number of halogens is 1. The lowest BCUT2D eigenvalue weighted by Crippen LogP contribution is -2.10. The Morgan fingerprint density at radius 3 is 2.56 bits per heavy atom. The number of nitrogens with one attached hydrogen (secondary N) is 1. The molecule has 2 aromatic rings. The lowest BCUT2D eigenvalue weighted by atomic mass is 10.1. The van der Waals surface area contributed by atoms with Crippen LogP contribution in [0.3, 0.4) is 0 Å². The van der Waals surface area contributed by atoms with Gasteiger partial charge in [-0.3, -0.25) is 4.79 Å². The molecule has 1 aromatic heterocycles. The van der Waals surface area contributed by atoms with E-state index in [4.69, 9.17) is 16.7 Å². The Kier molecular flexibility index (Phi) is 4.36. The zero-order valence-electron chi connectivity index (χ0n) is 9.52. The zero-order valence-corrected chi connectivity index (χ0v) is 11.1. The maximum Gasteiger partial charge on any atom is 0.267 e. The van der Waals surface area contributed by atoms with Gasteiger partial charge in [0.15, 0.2) is 0 Å². The first-order chi connectivity index (χ1) is 8.70. The van der Waals surface area contributed by atoms with Crippen molar-refractivity contribution in [2.75, 3.05) is 11.9 Å². The summed E-state index contributed by atoms with van der Waals surface area (Å²) in [6, 6.07) is 9.07. The minimum absolute atomic E-state index is 0.122. The summed E-state index contributed by atoms with van der Waals surface area (Å²) in [4.78, 5) is 12.4. The second-order valence-electron chi connectivity index (χ2n) is 3.72. The van der Waals surface area contributed by atoms with E-state index in [0.717, 1.165) is 5.56 Å². The lowest BCUT2D eigenvalue weighted by molar-refractivity contribution is 0.103. The molecule has 0 aliphatic rings. The smallest absolute Gasteiger partial charge is 0.267 e. The number of carbonyl (C=O) groups excluding carboxylic acids is 1. The van der Waals surface area contributed by atoms with Crippen molar-refractivity contribution in [3.8, 4) is 0 Å². The maximum atomic E-state index is 11.9. The molecular weight excluding hydrogens is 270 g/mol. The van der Waals surface area contributed by atoms with E-state index in [1.54, 1.807) is 11.4 Å². The van der Waals surface area contributed by atoms with Crippen LogP contribution in [0.15, 0.2) is 35.7 Å². The molecule has 18 heavy (non-hydrogen) atoms. The number of benzene rings is 1. The Morgan fingerprint density at radius 1 is 1.28 bits per heavy atom. The quantitative estimate of drug-likeness (QED) is 0.904. The van der Waals surface area contributed by atoms with Crippen molar-refractivity contribution in [1.29, 1.82) is 0 Å². The summed E-state index contributed by atoms with van der Waals surface area (Å²) >= 11 is 7.20. The van der Waals surface area contributed by atoms with Crippen molar-refractivity contribution in [2.24, 2.45) is 0 Å². The second-order valence-corrected chi connectivity index (χ2v) is 5.05. The van der Waals surface area contributed by atoms with Gasteiger partial charge in [0, 0.05) is 12.3 Å². The van der Waals surface area contributed by atoms with E-state index in [2.05, 4.69) is 5.32 Å². The summed E-state index contributed by atoms with van der Waals surface area (Å²) in [7, 11) is 0. The molecule has 1 aromatic carbocycles. The van der Waals surface area contributed by atoms with E-state index in [1.807, 2.05) is 24.3 Å². The van der Waals surface area contributed by atoms with E-state index >= 15 is 0 Å². The number of anilines is 1. The fourth-order valence-corrected chi connectivity index (χ4v) is 2.56. The van der Waals surface area contributed by atoms with E-state index in [0.29, 0.717) is 22.0 Å². The van der Waals surface area contributed by atoms with Gasteiger partial charge in [-0.15, -0.1) is 11.3 Å². The van der Waals surface area contributed by atoms with Gasteiger partial charge >= 0.3 is 0 Å². The van der Waals surface area contributed by atoms with E-state index in [-0.39, 0.29) is 12.5 Å². The van der Waals surface area contributed by atoms with Crippen LogP contribution in [-0.4, -0.2) is 17.6 Å². The third-order valence-electron chi connectivity index (χ3n) is 2.44. The molecule has 2 N–H and O–H groups in total.